The summed E-state index contributed by atoms with van der Waals surface area (Å²) in [5.41, 5.74) is 0.314. The molecule has 2 nitrogen and oxygen atoms in total. The molecule has 150 valence electrons. The number of rotatable bonds is 4. The summed E-state index contributed by atoms with van der Waals surface area (Å²) < 4.78 is 5.55. The van der Waals surface area contributed by atoms with E-state index in [0.29, 0.717) is 10.5 Å². The molecular formula is C25H26O2S2. The average Bonchev–Trinajstić information content (AvgIpc) is 2.80. The lowest BCUT2D eigenvalue weighted by Gasteiger charge is -2.11. The zero-order valence-electron chi connectivity index (χ0n) is 17.2. The molecule has 4 rings (SSSR count). The minimum absolute atomic E-state index is 0.300. The molecule has 0 aliphatic rings. The molecule has 4 aromatic rings. The van der Waals surface area contributed by atoms with Gasteiger partial charge in [-0.2, -0.15) is 0 Å². The van der Waals surface area contributed by atoms with E-state index < -0.39 is 0 Å². The number of hydrogen-bond acceptors (Lipinski definition) is 4. The quantitative estimate of drug-likeness (QED) is 0.310. The fourth-order valence-corrected chi connectivity index (χ4v) is 4.60. The molecule has 0 radical (unpaired) electrons. The van der Waals surface area contributed by atoms with Gasteiger partial charge in [-0.3, -0.25) is 0 Å². The number of para-hydroxylation sites is 1. The third-order valence-electron chi connectivity index (χ3n) is 3.65. The highest BCUT2D eigenvalue weighted by Crippen LogP contribution is 2.40. The van der Waals surface area contributed by atoms with E-state index in [0.717, 1.165) is 20.1 Å². The lowest BCUT2D eigenvalue weighted by Crippen LogP contribution is -2.04. The zero-order chi connectivity index (χ0) is 21.1. The molecule has 0 aliphatic heterocycles. The number of benzene rings is 3. The van der Waals surface area contributed by atoms with Crippen LogP contribution in [0.2, 0.25) is 0 Å². The number of fused-ring (bicyclic) bond motifs is 1. The molecule has 0 bridgehead atoms. The highest BCUT2D eigenvalue weighted by molar-refractivity contribution is 8.02. The van der Waals surface area contributed by atoms with Gasteiger partial charge in [-0.05, 0) is 30.3 Å². The normalized spacial score (nSPS) is 9.79. The van der Waals surface area contributed by atoms with Gasteiger partial charge in [-0.1, -0.05) is 106 Å². The first-order valence-electron chi connectivity index (χ1n) is 9.83. The topological polar surface area (TPSA) is 30.2 Å². The molecule has 3 aromatic carbocycles. The van der Waals surface area contributed by atoms with Gasteiger partial charge in [0.05, 0.1) is 0 Å². The summed E-state index contributed by atoms with van der Waals surface area (Å²) in [6, 6.07) is 27.7. The van der Waals surface area contributed by atoms with Gasteiger partial charge in [0.25, 0.3) is 0 Å². The van der Waals surface area contributed by atoms with Crippen molar-refractivity contribution in [1.29, 1.82) is 0 Å². The first kappa shape index (κ1) is 22.9. The summed E-state index contributed by atoms with van der Waals surface area (Å²) in [6.07, 6.45) is 0. The maximum atomic E-state index is 12.6. The zero-order valence-corrected chi connectivity index (χ0v) is 18.8. The Bertz CT molecular complexity index is 1060. The lowest BCUT2D eigenvalue weighted by molar-refractivity contribution is 0.537. The Morgan fingerprint density at radius 1 is 0.586 bits per heavy atom. The molecule has 1 aromatic heterocycles. The molecular weight excluding hydrogens is 396 g/mol. The molecule has 1 heterocycles. The van der Waals surface area contributed by atoms with Crippen LogP contribution in [0.5, 0.6) is 0 Å². The molecule has 0 N–H and O–H groups in total. The monoisotopic (exact) mass is 422 g/mol. The van der Waals surface area contributed by atoms with E-state index in [4.69, 9.17) is 4.42 Å². The molecule has 29 heavy (non-hydrogen) atoms. The van der Waals surface area contributed by atoms with E-state index in [9.17, 15) is 4.79 Å². The van der Waals surface area contributed by atoms with Crippen LogP contribution in [0.15, 0.2) is 114 Å². The van der Waals surface area contributed by atoms with Crippen molar-refractivity contribution in [3.05, 3.63) is 95.3 Å². The van der Waals surface area contributed by atoms with Crippen LogP contribution < -0.4 is 5.63 Å². The third-order valence-corrected chi connectivity index (χ3v) is 6.00. The summed E-state index contributed by atoms with van der Waals surface area (Å²) in [5.74, 6) is 0. The van der Waals surface area contributed by atoms with Crippen molar-refractivity contribution in [2.45, 2.75) is 47.3 Å². The molecule has 0 saturated heterocycles. The van der Waals surface area contributed by atoms with Gasteiger partial charge >= 0.3 is 5.63 Å². The van der Waals surface area contributed by atoms with Crippen molar-refractivity contribution in [2.24, 2.45) is 0 Å². The molecule has 0 saturated carbocycles. The van der Waals surface area contributed by atoms with E-state index in [2.05, 4.69) is 0 Å². The predicted molar refractivity (Wildman–Crippen MR) is 126 cm³/mol. The van der Waals surface area contributed by atoms with Crippen LogP contribution in [-0.4, -0.2) is 0 Å². The van der Waals surface area contributed by atoms with Crippen LogP contribution in [0.1, 0.15) is 27.7 Å². The van der Waals surface area contributed by atoms with E-state index in [1.165, 1.54) is 11.8 Å². The summed E-state index contributed by atoms with van der Waals surface area (Å²) in [4.78, 5) is 16.3. The second-order valence-corrected chi connectivity index (χ2v) is 7.54. The SMILES string of the molecule is CC.CC.O=c1oc2ccccc2c(Sc2ccccc2)c1Sc1ccccc1. The van der Waals surface area contributed by atoms with Gasteiger partial charge in [0.1, 0.15) is 10.5 Å². The first-order valence-corrected chi connectivity index (χ1v) is 11.5. The predicted octanol–water partition coefficient (Wildman–Crippen LogP) is 8.15. The second kappa shape index (κ2) is 12.2. The Morgan fingerprint density at radius 3 is 1.59 bits per heavy atom. The van der Waals surface area contributed by atoms with Gasteiger partial charge < -0.3 is 4.42 Å². The Hall–Kier alpha value is -2.43. The molecule has 0 fully saturated rings. The fraction of sp³-hybridized carbons (Fsp3) is 0.160. The molecule has 0 aliphatic carbocycles. The smallest absolute Gasteiger partial charge is 0.351 e. The van der Waals surface area contributed by atoms with Crippen molar-refractivity contribution >= 4 is 34.5 Å². The van der Waals surface area contributed by atoms with Crippen molar-refractivity contribution in [3.63, 3.8) is 0 Å². The van der Waals surface area contributed by atoms with E-state index in [1.54, 1.807) is 11.8 Å². The first-order chi connectivity index (χ1) is 14.3. The standard InChI is InChI=1S/C21H14O2S2.2C2H6/c22-21-20(25-16-11-5-2-6-12-16)19(24-15-9-3-1-4-10-15)17-13-7-8-14-18(17)23-21;2*1-2/h1-14H;2*1-2H3. The van der Waals surface area contributed by atoms with Crippen molar-refractivity contribution in [2.75, 3.05) is 0 Å². The highest BCUT2D eigenvalue weighted by atomic mass is 32.2. The summed E-state index contributed by atoms with van der Waals surface area (Å²) >= 11 is 3.04. The van der Waals surface area contributed by atoms with Crippen LogP contribution in [0.3, 0.4) is 0 Å². The van der Waals surface area contributed by atoms with Crippen LogP contribution in [0, 0.1) is 0 Å². The third kappa shape index (κ3) is 6.02. The molecule has 0 atom stereocenters. The van der Waals surface area contributed by atoms with E-state index in [-0.39, 0.29) is 5.63 Å². The summed E-state index contributed by atoms with van der Waals surface area (Å²) in [7, 11) is 0. The Kier molecular flexibility index (Phi) is 9.62. The van der Waals surface area contributed by atoms with Crippen molar-refractivity contribution in [1.82, 2.24) is 0 Å². The van der Waals surface area contributed by atoms with Gasteiger partial charge in [0.2, 0.25) is 0 Å². The fourth-order valence-electron chi connectivity index (χ4n) is 2.51. The van der Waals surface area contributed by atoms with E-state index in [1.807, 2.05) is 113 Å². The van der Waals surface area contributed by atoms with Crippen LogP contribution in [0.25, 0.3) is 11.0 Å². The largest absolute Gasteiger partial charge is 0.422 e. The van der Waals surface area contributed by atoms with Gasteiger partial charge in [-0.15, -0.1) is 0 Å². The second-order valence-electron chi connectivity index (χ2n) is 5.37. The van der Waals surface area contributed by atoms with Gasteiger partial charge in [-0.25, -0.2) is 4.79 Å². The number of hydrogen-bond donors (Lipinski definition) is 0. The Labute approximate surface area is 181 Å². The maximum Gasteiger partial charge on any atom is 0.351 e. The Balaban J connectivity index is 0.000000707. The molecule has 0 spiro atoms. The minimum Gasteiger partial charge on any atom is -0.422 e. The lowest BCUT2D eigenvalue weighted by atomic mass is 10.2. The van der Waals surface area contributed by atoms with Crippen LogP contribution >= 0.6 is 23.5 Å². The summed E-state index contributed by atoms with van der Waals surface area (Å²) in [5, 5.41) is 0.953. The maximum absolute atomic E-state index is 12.6. The molecule has 0 unspecified atom stereocenters. The molecule has 0 amide bonds. The minimum atomic E-state index is -0.300. The van der Waals surface area contributed by atoms with E-state index >= 15 is 0 Å². The van der Waals surface area contributed by atoms with Gasteiger partial charge in [0.15, 0.2) is 0 Å². The molecule has 4 heteroatoms. The van der Waals surface area contributed by atoms with Gasteiger partial charge in [0, 0.05) is 20.1 Å². The van der Waals surface area contributed by atoms with Crippen molar-refractivity contribution in [3.8, 4) is 0 Å². The average molecular weight is 423 g/mol. The van der Waals surface area contributed by atoms with Crippen LogP contribution in [-0.2, 0) is 0 Å². The van der Waals surface area contributed by atoms with Crippen LogP contribution in [0.4, 0.5) is 0 Å². The highest BCUT2D eigenvalue weighted by Gasteiger charge is 2.17. The summed E-state index contributed by atoms with van der Waals surface area (Å²) in [6.45, 7) is 8.00. The Morgan fingerprint density at radius 2 is 1.03 bits per heavy atom. The van der Waals surface area contributed by atoms with Crippen molar-refractivity contribution < 1.29 is 4.42 Å².